The van der Waals surface area contributed by atoms with Crippen molar-refractivity contribution in [2.24, 2.45) is 14.1 Å². The van der Waals surface area contributed by atoms with Crippen LogP contribution in [0.5, 0.6) is 0 Å². The number of nitrogens with one attached hydrogen (secondary N) is 1. The van der Waals surface area contributed by atoms with Gasteiger partial charge in [0.25, 0.3) is 5.56 Å². The maximum absolute atomic E-state index is 12.7. The molecule has 1 N–H and O–H groups in total. The van der Waals surface area contributed by atoms with Crippen molar-refractivity contribution in [3.63, 3.8) is 0 Å². The Bertz CT molecular complexity index is 920. The van der Waals surface area contributed by atoms with E-state index < -0.39 is 11.2 Å². The molecular formula is C17H24N4O4S. The van der Waals surface area contributed by atoms with Gasteiger partial charge in [-0.05, 0) is 12.0 Å². The molecule has 0 atom stereocenters. The number of amides is 1. The van der Waals surface area contributed by atoms with E-state index in [1.54, 1.807) is 20.4 Å². The smallest absolute Gasteiger partial charge is 0.332 e. The minimum absolute atomic E-state index is 0.138. The lowest BCUT2D eigenvalue weighted by Gasteiger charge is -2.14. The topological polar surface area (TPSA) is 95.2 Å². The molecule has 0 fully saturated rings. The number of thioether (sulfide) groups is 1. The van der Waals surface area contributed by atoms with Crippen molar-refractivity contribution in [2.75, 3.05) is 26.0 Å². The predicted molar refractivity (Wildman–Crippen MR) is 102 cm³/mol. The number of hydrogen-bond donors (Lipinski definition) is 1. The molecule has 2 aromatic heterocycles. The second-order valence-electron chi connectivity index (χ2n) is 5.90. The number of carbonyl (C=O) groups is 1. The molecule has 0 radical (unpaired) electrons. The third-order valence-electron chi connectivity index (χ3n) is 3.99. The number of rotatable bonds is 8. The van der Waals surface area contributed by atoms with Crippen molar-refractivity contribution in [1.29, 1.82) is 0 Å². The Morgan fingerprint density at radius 2 is 2.04 bits per heavy atom. The van der Waals surface area contributed by atoms with E-state index in [2.05, 4.69) is 10.3 Å². The summed E-state index contributed by atoms with van der Waals surface area (Å²) in [6, 6.07) is 0. The first-order valence-corrected chi connectivity index (χ1v) is 9.36. The fourth-order valence-corrected chi connectivity index (χ4v) is 3.68. The molecule has 0 unspecified atom stereocenters. The zero-order chi connectivity index (χ0) is 19.3. The molecule has 2 heterocycles. The summed E-state index contributed by atoms with van der Waals surface area (Å²) < 4.78 is 7.34. The van der Waals surface area contributed by atoms with Crippen molar-refractivity contribution < 1.29 is 9.53 Å². The van der Waals surface area contributed by atoms with Crippen LogP contribution in [0.3, 0.4) is 0 Å². The zero-order valence-corrected chi connectivity index (χ0v) is 16.3. The van der Waals surface area contributed by atoms with Crippen molar-refractivity contribution in [3.05, 3.63) is 32.6 Å². The highest BCUT2D eigenvalue weighted by Crippen LogP contribution is 2.28. The molecule has 2 aromatic rings. The largest absolute Gasteiger partial charge is 0.383 e. The maximum Gasteiger partial charge on any atom is 0.332 e. The fraction of sp³-hybridized carbons (Fsp3) is 0.529. The van der Waals surface area contributed by atoms with E-state index in [9.17, 15) is 14.4 Å². The van der Waals surface area contributed by atoms with Crippen LogP contribution in [0.15, 0.2) is 20.7 Å². The molecule has 0 aliphatic heterocycles. The first-order chi connectivity index (χ1) is 12.4. The normalized spacial score (nSPS) is 11.1. The van der Waals surface area contributed by atoms with Gasteiger partial charge in [0, 0.05) is 38.8 Å². The molecule has 0 bridgehead atoms. The minimum atomic E-state index is -0.425. The number of carbonyl (C=O) groups excluding carboxylic acids is 1. The van der Waals surface area contributed by atoms with Crippen LogP contribution in [-0.2, 0) is 30.0 Å². The van der Waals surface area contributed by atoms with Crippen LogP contribution < -0.4 is 16.6 Å². The van der Waals surface area contributed by atoms with E-state index in [0.29, 0.717) is 24.2 Å². The van der Waals surface area contributed by atoms with Crippen LogP contribution in [0.4, 0.5) is 0 Å². The van der Waals surface area contributed by atoms with Crippen molar-refractivity contribution in [3.8, 4) is 0 Å². The Balaban J connectivity index is 2.48. The summed E-state index contributed by atoms with van der Waals surface area (Å²) in [5.41, 5.74) is 0.424. The summed E-state index contributed by atoms with van der Waals surface area (Å²) in [4.78, 5) is 41.9. The molecule has 0 saturated carbocycles. The number of methoxy groups -OCH3 is 1. The SMILES string of the molecule is CCCc1cnc2c(c1SCC(=O)NCCOC)c(=O)n(C)c(=O)n2C. The molecule has 2 rings (SSSR count). The standard InChI is InChI=1S/C17H24N4O4S/c1-5-6-11-9-19-15-13(16(23)21(3)17(24)20(15)2)14(11)26-10-12(22)18-7-8-25-4/h9H,5-8,10H2,1-4H3,(H,18,22). The summed E-state index contributed by atoms with van der Waals surface area (Å²) in [5, 5.41) is 3.15. The lowest BCUT2D eigenvalue weighted by molar-refractivity contribution is -0.118. The van der Waals surface area contributed by atoms with E-state index in [4.69, 9.17) is 4.74 Å². The molecule has 0 aliphatic rings. The molecule has 0 spiro atoms. The molecule has 142 valence electrons. The maximum atomic E-state index is 12.7. The van der Waals surface area contributed by atoms with Gasteiger partial charge >= 0.3 is 5.69 Å². The van der Waals surface area contributed by atoms with E-state index >= 15 is 0 Å². The summed E-state index contributed by atoms with van der Waals surface area (Å²) in [5.74, 6) is 0.0343. The molecule has 26 heavy (non-hydrogen) atoms. The molecular weight excluding hydrogens is 356 g/mol. The first-order valence-electron chi connectivity index (χ1n) is 8.38. The highest BCUT2D eigenvalue weighted by Gasteiger charge is 2.18. The van der Waals surface area contributed by atoms with Crippen LogP contribution in [0.1, 0.15) is 18.9 Å². The van der Waals surface area contributed by atoms with Crippen LogP contribution in [-0.4, -0.2) is 46.0 Å². The van der Waals surface area contributed by atoms with Gasteiger partial charge in [-0.15, -0.1) is 11.8 Å². The summed E-state index contributed by atoms with van der Waals surface area (Å²) in [7, 11) is 4.60. The first kappa shape index (κ1) is 20.2. The van der Waals surface area contributed by atoms with E-state index in [1.165, 1.54) is 23.4 Å². The highest BCUT2D eigenvalue weighted by molar-refractivity contribution is 8.00. The second kappa shape index (κ2) is 9.00. The van der Waals surface area contributed by atoms with Gasteiger partial charge in [-0.3, -0.25) is 18.7 Å². The molecule has 0 aliphatic carbocycles. The molecule has 9 heteroatoms. The van der Waals surface area contributed by atoms with Crippen molar-refractivity contribution in [1.82, 2.24) is 19.4 Å². The summed E-state index contributed by atoms with van der Waals surface area (Å²) >= 11 is 1.30. The molecule has 8 nitrogen and oxygen atoms in total. The Labute approximate surface area is 155 Å². The quantitative estimate of drug-likeness (QED) is 0.527. The van der Waals surface area contributed by atoms with Gasteiger partial charge in [0.15, 0.2) is 0 Å². The predicted octanol–water partition coefficient (Wildman–Crippen LogP) is 0.439. The van der Waals surface area contributed by atoms with Gasteiger partial charge in [0.05, 0.1) is 17.7 Å². The van der Waals surface area contributed by atoms with Crippen molar-refractivity contribution in [2.45, 2.75) is 24.7 Å². The molecule has 0 aromatic carbocycles. The monoisotopic (exact) mass is 380 g/mol. The minimum Gasteiger partial charge on any atom is -0.383 e. The van der Waals surface area contributed by atoms with Gasteiger partial charge in [-0.25, -0.2) is 9.78 Å². The van der Waals surface area contributed by atoms with Crippen LogP contribution >= 0.6 is 11.8 Å². The zero-order valence-electron chi connectivity index (χ0n) is 15.5. The van der Waals surface area contributed by atoms with E-state index in [0.717, 1.165) is 27.9 Å². The lowest BCUT2D eigenvalue weighted by Crippen LogP contribution is -2.37. The van der Waals surface area contributed by atoms with Crippen LogP contribution in [0.25, 0.3) is 11.0 Å². The summed E-state index contributed by atoms with van der Waals surface area (Å²) in [6.45, 7) is 2.92. The van der Waals surface area contributed by atoms with Crippen LogP contribution in [0, 0.1) is 0 Å². The number of ether oxygens (including phenoxy) is 1. The lowest BCUT2D eigenvalue weighted by atomic mass is 10.1. The third-order valence-corrected chi connectivity index (χ3v) is 5.15. The number of aromatic nitrogens is 3. The Kier molecular flexibility index (Phi) is 6.98. The third kappa shape index (κ3) is 4.16. The van der Waals surface area contributed by atoms with Gasteiger partial charge in [0.2, 0.25) is 5.91 Å². The van der Waals surface area contributed by atoms with Gasteiger partial charge in [-0.2, -0.15) is 0 Å². The molecule has 0 saturated heterocycles. The average molecular weight is 380 g/mol. The Hall–Kier alpha value is -2.13. The Morgan fingerprint density at radius 3 is 2.69 bits per heavy atom. The van der Waals surface area contributed by atoms with Crippen molar-refractivity contribution >= 4 is 28.7 Å². The van der Waals surface area contributed by atoms with Crippen LogP contribution in [0.2, 0.25) is 0 Å². The summed E-state index contributed by atoms with van der Waals surface area (Å²) in [6.07, 6.45) is 3.31. The van der Waals surface area contributed by atoms with E-state index in [-0.39, 0.29) is 11.7 Å². The number of fused-ring (bicyclic) bond motifs is 1. The van der Waals surface area contributed by atoms with Gasteiger partial charge in [-0.1, -0.05) is 13.3 Å². The number of aryl methyl sites for hydroxylation is 2. The number of pyridine rings is 1. The molecule has 1 amide bonds. The number of nitrogens with zero attached hydrogens (tertiary/aromatic N) is 3. The van der Waals surface area contributed by atoms with E-state index in [1.807, 2.05) is 6.92 Å². The average Bonchev–Trinajstić information content (AvgIpc) is 2.63. The van der Waals surface area contributed by atoms with Gasteiger partial charge in [0.1, 0.15) is 5.65 Å². The van der Waals surface area contributed by atoms with Gasteiger partial charge < -0.3 is 10.1 Å². The fourth-order valence-electron chi connectivity index (χ4n) is 2.64. The number of hydrogen-bond acceptors (Lipinski definition) is 6. The Morgan fingerprint density at radius 1 is 1.31 bits per heavy atom. The highest BCUT2D eigenvalue weighted by atomic mass is 32.2. The second-order valence-corrected chi connectivity index (χ2v) is 6.88.